The van der Waals surface area contributed by atoms with Crippen LogP contribution in [0.4, 0.5) is 11.4 Å². The molecule has 0 saturated carbocycles. The number of non-ortho nitro benzene ring substituents is 1. The van der Waals surface area contributed by atoms with Crippen molar-refractivity contribution in [3.8, 4) is 0 Å². The zero-order valence-electron chi connectivity index (χ0n) is 16.2. The van der Waals surface area contributed by atoms with E-state index in [0.717, 1.165) is 37.2 Å². The first-order valence-corrected chi connectivity index (χ1v) is 9.68. The number of fused-ring (bicyclic) bond motifs is 1. The number of pyridine rings is 1. The van der Waals surface area contributed by atoms with Crippen molar-refractivity contribution >= 4 is 28.2 Å². The number of hydrogen-bond acceptors (Lipinski definition) is 5. The first-order chi connectivity index (χ1) is 14.0. The van der Waals surface area contributed by atoms with E-state index in [0.29, 0.717) is 16.5 Å². The summed E-state index contributed by atoms with van der Waals surface area (Å²) in [7, 11) is 0. The summed E-state index contributed by atoms with van der Waals surface area (Å²) in [6, 6.07) is 14.5. The van der Waals surface area contributed by atoms with Crippen LogP contribution < -0.4 is 10.2 Å². The second kappa shape index (κ2) is 7.87. The number of nitro benzene ring substituents is 1. The number of hydrogen-bond donors (Lipinski definition) is 1. The van der Waals surface area contributed by atoms with Crippen molar-refractivity contribution in [3.63, 3.8) is 0 Å². The van der Waals surface area contributed by atoms with E-state index in [9.17, 15) is 14.9 Å². The Balaban J connectivity index is 1.48. The minimum atomic E-state index is -0.374. The van der Waals surface area contributed by atoms with Crippen molar-refractivity contribution < 1.29 is 9.72 Å². The first kappa shape index (κ1) is 18.9. The summed E-state index contributed by atoms with van der Waals surface area (Å²) in [6.45, 7) is 3.44. The van der Waals surface area contributed by atoms with Crippen LogP contribution in [0.3, 0.4) is 0 Å². The zero-order valence-corrected chi connectivity index (χ0v) is 16.2. The topological polar surface area (TPSA) is 88.4 Å². The van der Waals surface area contributed by atoms with Gasteiger partial charge < -0.3 is 10.2 Å². The maximum Gasteiger partial charge on any atom is 0.278 e. The highest BCUT2D eigenvalue weighted by molar-refractivity contribution is 5.97. The molecule has 1 N–H and O–H groups in total. The molecular formula is C22H22N4O3. The molecule has 2 heterocycles. The molecule has 1 aromatic heterocycles. The summed E-state index contributed by atoms with van der Waals surface area (Å²) in [5.74, 6) is -0.0380. The van der Waals surface area contributed by atoms with Crippen LogP contribution in [0.2, 0.25) is 0 Å². The molecule has 2 aromatic carbocycles. The summed E-state index contributed by atoms with van der Waals surface area (Å²) < 4.78 is 0. The third kappa shape index (κ3) is 3.76. The van der Waals surface area contributed by atoms with Crippen LogP contribution in [-0.4, -0.2) is 34.9 Å². The fourth-order valence-corrected chi connectivity index (χ4v) is 3.91. The number of anilines is 1. The number of rotatable bonds is 4. The Morgan fingerprint density at radius 1 is 1.14 bits per heavy atom. The van der Waals surface area contributed by atoms with Crippen molar-refractivity contribution in [2.75, 3.05) is 18.0 Å². The smallest absolute Gasteiger partial charge is 0.278 e. The fourth-order valence-electron chi connectivity index (χ4n) is 3.91. The Morgan fingerprint density at radius 2 is 1.90 bits per heavy atom. The molecule has 0 bridgehead atoms. The third-order valence-corrected chi connectivity index (χ3v) is 5.48. The average Bonchev–Trinajstić information content (AvgIpc) is 2.73. The molecule has 0 atom stereocenters. The van der Waals surface area contributed by atoms with Crippen molar-refractivity contribution in [2.24, 2.45) is 0 Å². The van der Waals surface area contributed by atoms with Gasteiger partial charge in [0.15, 0.2) is 0 Å². The highest BCUT2D eigenvalue weighted by atomic mass is 16.6. The van der Waals surface area contributed by atoms with E-state index in [1.54, 1.807) is 30.5 Å². The number of aryl methyl sites for hydroxylation is 1. The van der Waals surface area contributed by atoms with Crippen LogP contribution in [0, 0.1) is 17.0 Å². The van der Waals surface area contributed by atoms with Gasteiger partial charge in [0.05, 0.1) is 16.0 Å². The molecule has 7 heteroatoms. The van der Waals surface area contributed by atoms with Crippen LogP contribution in [0.1, 0.15) is 28.8 Å². The van der Waals surface area contributed by atoms with Gasteiger partial charge in [-0.3, -0.25) is 19.9 Å². The minimum absolute atomic E-state index is 0.0380. The molecule has 148 valence electrons. The number of benzene rings is 2. The summed E-state index contributed by atoms with van der Waals surface area (Å²) in [6.07, 6.45) is 3.27. The van der Waals surface area contributed by atoms with E-state index >= 15 is 0 Å². The predicted molar refractivity (Wildman–Crippen MR) is 112 cm³/mol. The lowest BCUT2D eigenvalue weighted by atomic mass is 10.0. The Morgan fingerprint density at radius 3 is 2.62 bits per heavy atom. The molecule has 3 aromatic rings. The van der Waals surface area contributed by atoms with Crippen molar-refractivity contribution in [3.05, 3.63) is 76.0 Å². The van der Waals surface area contributed by atoms with E-state index < -0.39 is 0 Å². The molecule has 0 unspecified atom stereocenters. The van der Waals surface area contributed by atoms with Crippen LogP contribution in [0.15, 0.2) is 54.7 Å². The third-order valence-electron chi connectivity index (χ3n) is 5.48. The summed E-state index contributed by atoms with van der Waals surface area (Å²) in [4.78, 5) is 30.1. The monoisotopic (exact) mass is 390 g/mol. The van der Waals surface area contributed by atoms with Gasteiger partial charge in [-0.2, -0.15) is 0 Å². The standard InChI is InChI=1S/C22H22N4O3/c1-15-5-2-3-6-17(15)22(27)24-16-10-13-25(14-11-16)20-9-8-19(26(28)29)18-7-4-12-23-21(18)20/h2-9,12,16H,10-11,13-14H2,1H3,(H,24,27). The van der Waals surface area contributed by atoms with Crippen molar-refractivity contribution in [1.82, 2.24) is 10.3 Å². The number of aromatic nitrogens is 1. The fraction of sp³-hybridized carbons (Fsp3) is 0.273. The first-order valence-electron chi connectivity index (χ1n) is 9.68. The summed E-state index contributed by atoms with van der Waals surface area (Å²) in [5, 5.41) is 15.0. The Labute approximate surface area is 168 Å². The highest BCUT2D eigenvalue weighted by Gasteiger charge is 2.24. The number of nitro groups is 1. The molecule has 0 spiro atoms. The van der Waals surface area contributed by atoms with Gasteiger partial charge in [-0.1, -0.05) is 18.2 Å². The largest absolute Gasteiger partial charge is 0.370 e. The molecule has 1 aliphatic heterocycles. The summed E-state index contributed by atoms with van der Waals surface area (Å²) >= 11 is 0. The Kier molecular flexibility index (Phi) is 5.12. The second-order valence-electron chi connectivity index (χ2n) is 7.31. The number of carbonyl (C=O) groups is 1. The predicted octanol–water partition coefficient (Wildman–Crippen LogP) is 3.85. The molecule has 1 aliphatic rings. The van der Waals surface area contributed by atoms with E-state index in [-0.39, 0.29) is 22.6 Å². The Hall–Kier alpha value is -3.48. The summed E-state index contributed by atoms with van der Waals surface area (Å²) in [5.41, 5.74) is 3.28. The van der Waals surface area contributed by atoms with E-state index in [1.807, 2.05) is 31.2 Å². The zero-order chi connectivity index (χ0) is 20.4. The normalized spacial score (nSPS) is 14.7. The molecule has 0 aliphatic carbocycles. The lowest BCUT2D eigenvalue weighted by Gasteiger charge is -2.34. The molecule has 4 rings (SSSR count). The van der Waals surface area contributed by atoms with Crippen molar-refractivity contribution in [1.29, 1.82) is 0 Å². The van der Waals surface area contributed by atoms with Crippen LogP contribution in [0.5, 0.6) is 0 Å². The molecule has 1 fully saturated rings. The highest BCUT2D eigenvalue weighted by Crippen LogP contribution is 2.33. The molecule has 29 heavy (non-hydrogen) atoms. The number of nitrogens with one attached hydrogen (secondary N) is 1. The molecular weight excluding hydrogens is 368 g/mol. The van der Waals surface area contributed by atoms with Gasteiger partial charge in [0.25, 0.3) is 11.6 Å². The number of piperidine rings is 1. The SMILES string of the molecule is Cc1ccccc1C(=O)NC1CCN(c2ccc([N+](=O)[O-])c3cccnc23)CC1. The van der Waals surface area contributed by atoms with Gasteiger partial charge in [-0.05, 0) is 49.6 Å². The van der Waals surface area contributed by atoms with E-state index in [1.165, 1.54) is 0 Å². The second-order valence-corrected chi connectivity index (χ2v) is 7.31. The quantitative estimate of drug-likeness (QED) is 0.540. The Bertz CT molecular complexity index is 1070. The van der Waals surface area contributed by atoms with Gasteiger partial charge in [0.2, 0.25) is 0 Å². The van der Waals surface area contributed by atoms with Gasteiger partial charge in [0.1, 0.15) is 5.52 Å². The van der Waals surface area contributed by atoms with Gasteiger partial charge in [-0.15, -0.1) is 0 Å². The van der Waals surface area contributed by atoms with Gasteiger partial charge in [-0.25, -0.2) is 0 Å². The lowest BCUT2D eigenvalue weighted by molar-refractivity contribution is -0.383. The maximum atomic E-state index is 12.6. The van der Waals surface area contributed by atoms with E-state index in [2.05, 4.69) is 15.2 Å². The van der Waals surface area contributed by atoms with Crippen molar-refractivity contribution in [2.45, 2.75) is 25.8 Å². The molecule has 0 radical (unpaired) electrons. The van der Waals surface area contributed by atoms with Gasteiger partial charge in [0, 0.05) is 37.0 Å². The average molecular weight is 390 g/mol. The van der Waals surface area contributed by atoms with Crippen LogP contribution in [0.25, 0.3) is 10.9 Å². The molecule has 1 saturated heterocycles. The van der Waals surface area contributed by atoms with Crippen LogP contribution >= 0.6 is 0 Å². The minimum Gasteiger partial charge on any atom is -0.370 e. The van der Waals surface area contributed by atoms with Crippen LogP contribution in [-0.2, 0) is 0 Å². The maximum absolute atomic E-state index is 12.6. The molecule has 7 nitrogen and oxygen atoms in total. The number of carbonyl (C=O) groups excluding carboxylic acids is 1. The number of amides is 1. The van der Waals surface area contributed by atoms with E-state index in [4.69, 9.17) is 0 Å². The molecule has 1 amide bonds. The lowest BCUT2D eigenvalue weighted by Crippen LogP contribution is -2.45. The number of nitrogens with zero attached hydrogens (tertiary/aromatic N) is 3. The van der Waals surface area contributed by atoms with Gasteiger partial charge >= 0.3 is 0 Å².